The molecule has 1 N–H and O–H groups in total. The molecule has 0 aromatic heterocycles. The Morgan fingerprint density at radius 1 is 1.57 bits per heavy atom. The van der Waals surface area contributed by atoms with Crippen LogP contribution >= 0.6 is 11.6 Å². The van der Waals surface area contributed by atoms with Gasteiger partial charge in [-0.3, -0.25) is 0 Å². The van der Waals surface area contributed by atoms with Crippen LogP contribution in [0, 0.1) is 11.8 Å². The van der Waals surface area contributed by atoms with Crippen LogP contribution in [0.1, 0.15) is 6.92 Å². The lowest BCUT2D eigenvalue weighted by Gasteiger charge is -2.37. The van der Waals surface area contributed by atoms with Gasteiger partial charge in [0.1, 0.15) is 0 Å². The first-order chi connectivity index (χ1) is 6.49. The second-order valence-corrected chi connectivity index (χ2v) is 6.23. The molecule has 6 heteroatoms. The molecule has 1 fully saturated rings. The number of alkyl halides is 1. The van der Waals surface area contributed by atoms with E-state index in [1.807, 2.05) is 6.92 Å². The Bertz CT molecular complexity index is 274. The highest BCUT2D eigenvalue weighted by molar-refractivity contribution is 7.89. The number of rotatable bonds is 5. The molecule has 0 aromatic rings. The van der Waals surface area contributed by atoms with Gasteiger partial charge in [-0.15, -0.1) is 11.6 Å². The van der Waals surface area contributed by atoms with Gasteiger partial charge in [0.2, 0.25) is 10.0 Å². The number of aliphatic hydroxyl groups is 1. The number of aliphatic hydroxyl groups excluding tert-OH is 1. The predicted octanol–water partition coefficient (Wildman–Crippen LogP) is 0.115. The molecular formula is C8H16ClNO3S. The summed E-state index contributed by atoms with van der Waals surface area (Å²) in [5.41, 5.74) is 0. The summed E-state index contributed by atoms with van der Waals surface area (Å²) < 4.78 is 24.7. The van der Waals surface area contributed by atoms with Crippen molar-refractivity contribution < 1.29 is 13.5 Å². The van der Waals surface area contributed by atoms with Crippen molar-refractivity contribution in [2.75, 3.05) is 31.3 Å². The molecule has 84 valence electrons. The summed E-state index contributed by atoms with van der Waals surface area (Å²) in [5, 5.41) is 8.75. The van der Waals surface area contributed by atoms with Gasteiger partial charge in [0.15, 0.2) is 0 Å². The molecule has 1 aliphatic heterocycles. The van der Waals surface area contributed by atoms with Crippen molar-refractivity contribution in [1.29, 1.82) is 0 Å². The Morgan fingerprint density at radius 2 is 2.14 bits per heavy atom. The molecule has 14 heavy (non-hydrogen) atoms. The standard InChI is InChI=1S/C8H16ClNO3S/c1-7(2-9)6-14(12,13)10-3-8(4-10)5-11/h7-8,11H,2-6H2,1H3. The lowest BCUT2D eigenvalue weighted by atomic mass is 10.1. The molecule has 1 unspecified atom stereocenters. The molecule has 0 radical (unpaired) electrons. The Labute approximate surface area is 89.9 Å². The van der Waals surface area contributed by atoms with Crippen molar-refractivity contribution in [1.82, 2.24) is 4.31 Å². The van der Waals surface area contributed by atoms with Crippen molar-refractivity contribution in [3.05, 3.63) is 0 Å². The van der Waals surface area contributed by atoms with E-state index >= 15 is 0 Å². The van der Waals surface area contributed by atoms with E-state index in [0.717, 1.165) is 0 Å². The van der Waals surface area contributed by atoms with Crippen LogP contribution < -0.4 is 0 Å². The number of nitrogens with zero attached hydrogens (tertiary/aromatic N) is 1. The zero-order valence-corrected chi connectivity index (χ0v) is 9.76. The third-order valence-electron chi connectivity index (χ3n) is 2.33. The fourth-order valence-electron chi connectivity index (χ4n) is 1.37. The summed E-state index contributed by atoms with van der Waals surface area (Å²) in [4.78, 5) is 0. The Morgan fingerprint density at radius 3 is 2.57 bits per heavy atom. The smallest absolute Gasteiger partial charge is 0.214 e. The normalized spacial score (nSPS) is 21.9. The van der Waals surface area contributed by atoms with Gasteiger partial charge < -0.3 is 5.11 Å². The lowest BCUT2D eigenvalue weighted by molar-refractivity contribution is 0.117. The van der Waals surface area contributed by atoms with E-state index in [2.05, 4.69) is 0 Å². The van der Waals surface area contributed by atoms with Crippen LogP contribution in [-0.4, -0.2) is 49.2 Å². The van der Waals surface area contributed by atoms with Gasteiger partial charge >= 0.3 is 0 Å². The third kappa shape index (κ3) is 2.82. The summed E-state index contributed by atoms with van der Waals surface area (Å²) >= 11 is 5.56. The number of hydrogen-bond acceptors (Lipinski definition) is 3. The molecule has 1 saturated heterocycles. The summed E-state index contributed by atoms with van der Waals surface area (Å²) in [6.07, 6.45) is 0. The van der Waals surface area contributed by atoms with Gasteiger partial charge in [0, 0.05) is 31.5 Å². The topological polar surface area (TPSA) is 57.6 Å². The Kier molecular flexibility index (Phi) is 4.18. The van der Waals surface area contributed by atoms with Gasteiger partial charge in [0.25, 0.3) is 0 Å². The van der Waals surface area contributed by atoms with Crippen LogP contribution in [-0.2, 0) is 10.0 Å². The van der Waals surface area contributed by atoms with Crippen molar-refractivity contribution in [3.63, 3.8) is 0 Å². The minimum atomic E-state index is -3.14. The van der Waals surface area contributed by atoms with Gasteiger partial charge in [-0.05, 0) is 5.92 Å². The molecule has 0 bridgehead atoms. The zero-order chi connectivity index (χ0) is 10.8. The van der Waals surface area contributed by atoms with E-state index in [9.17, 15) is 8.42 Å². The molecule has 1 aliphatic rings. The fraction of sp³-hybridized carbons (Fsp3) is 1.00. The summed E-state index contributed by atoms with van der Waals surface area (Å²) in [5.74, 6) is 0.566. The van der Waals surface area contributed by atoms with E-state index in [4.69, 9.17) is 16.7 Å². The summed E-state index contributed by atoms with van der Waals surface area (Å²) in [7, 11) is -3.14. The van der Waals surface area contributed by atoms with Crippen LogP contribution in [0.2, 0.25) is 0 Å². The summed E-state index contributed by atoms with van der Waals surface area (Å²) in [6.45, 7) is 2.78. The second-order valence-electron chi connectivity index (χ2n) is 3.90. The molecule has 1 rings (SSSR count). The Balaban J connectivity index is 2.44. The second kappa shape index (κ2) is 4.79. The monoisotopic (exact) mass is 241 g/mol. The van der Waals surface area contributed by atoms with E-state index < -0.39 is 10.0 Å². The van der Waals surface area contributed by atoms with Crippen LogP contribution in [0.15, 0.2) is 0 Å². The van der Waals surface area contributed by atoms with E-state index in [1.54, 1.807) is 0 Å². The highest BCUT2D eigenvalue weighted by atomic mass is 35.5. The molecule has 0 aliphatic carbocycles. The highest BCUT2D eigenvalue weighted by Crippen LogP contribution is 2.20. The first-order valence-corrected chi connectivity index (χ1v) is 6.78. The van der Waals surface area contributed by atoms with Crippen LogP contribution in [0.4, 0.5) is 0 Å². The third-order valence-corrected chi connectivity index (χ3v) is 4.94. The average molecular weight is 242 g/mol. The number of halogens is 1. The van der Waals surface area contributed by atoms with Gasteiger partial charge in [0.05, 0.1) is 5.75 Å². The van der Waals surface area contributed by atoms with E-state index in [1.165, 1.54) is 4.31 Å². The van der Waals surface area contributed by atoms with E-state index in [-0.39, 0.29) is 24.2 Å². The van der Waals surface area contributed by atoms with Crippen molar-refractivity contribution in [2.24, 2.45) is 11.8 Å². The van der Waals surface area contributed by atoms with Crippen molar-refractivity contribution in [3.8, 4) is 0 Å². The molecule has 1 heterocycles. The van der Waals surface area contributed by atoms with Gasteiger partial charge in [-0.2, -0.15) is 0 Å². The van der Waals surface area contributed by atoms with Crippen molar-refractivity contribution in [2.45, 2.75) is 6.92 Å². The first kappa shape index (κ1) is 12.2. The number of hydrogen-bond donors (Lipinski definition) is 1. The number of sulfonamides is 1. The van der Waals surface area contributed by atoms with Crippen LogP contribution in [0.3, 0.4) is 0 Å². The molecule has 4 nitrogen and oxygen atoms in total. The minimum absolute atomic E-state index is 0.0187. The average Bonchev–Trinajstić information content (AvgIpc) is 2.00. The fourth-order valence-corrected chi connectivity index (χ4v) is 3.54. The minimum Gasteiger partial charge on any atom is -0.396 e. The van der Waals surface area contributed by atoms with Gasteiger partial charge in [-0.25, -0.2) is 12.7 Å². The quantitative estimate of drug-likeness (QED) is 0.696. The van der Waals surface area contributed by atoms with Gasteiger partial charge in [-0.1, -0.05) is 6.92 Å². The van der Waals surface area contributed by atoms with E-state index in [0.29, 0.717) is 19.0 Å². The largest absolute Gasteiger partial charge is 0.396 e. The highest BCUT2D eigenvalue weighted by Gasteiger charge is 2.35. The molecular weight excluding hydrogens is 226 g/mol. The van der Waals surface area contributed by atoms with Crippen molar-refractivity contribution >= 4 is 21.6 Å². The predicted molar refractivity (Wildman–Crippen MR) is 55.8 cm³/mol. The zero-order valence-electron chi connectivity index (χ0n) is 8.19. The SMILES string of the molecule is CC(CCl)CS(=O)(=O)N1CC(CO)C1. The lowest BCUT2D eigenvalue weighted by Crippen LogP contribution is -2.52. The Hall–Kier alpha value is 0.160. The molecule has 0 amide bonds. The molecule has 0 saturated carbocycles. The van der Waals surface area contributed by atoms with Crippen LogP contribution in [0.5, 0.6) is 0 Å². The molecule has 0 spiro atoms. The summed E-state index contributed by atoms with van der Waals surface area (Å²) in [6, 6.07) is 0. The maximum Gasteiger partial charge on any atom is 0.214 e. The first-order valence-electron chi connectivity index (χ1n) is 4.64. The molecule has 0 aromatic carbocycles. The van der Waals surface area contributed by atoms with Crippen LogP contribution in [0.25, 0.3) is 0 Å². The maximum absolute atomic E-state index is 11.6. The maximum atomic E-state index is 11.6. The molecule has 1 atom stereocenters.